The van der Waals surface area contributed by atoms with Gasteiger partial charge in [0, 0.05) is 46.7 Å². The third-order valence-electron chi connectivity index (χ3n) is 4.18. The number of nitrogens with zero attached hydrogens (tertiary/aromatic N) is 2. The van der Waals surface area contributed by atoms with Gasteiger partial charge in [0.25, 0.3) is 10.0 Å². The molecule has 3 heterocycles. The molecular weight excluding hydrogens is 489 g/mol. The van der Waals surface area contributed by atoms with Gasteiger partial charge in [0.15, 0.2) is 5.13 Å². The van der Waals surface area contributed by atoms with E-state index < -0.39 is 22.2 Å². The van der Waals surface area contributed by atoms with Crippen molar-refractivity contribution in [1.82, 2.24) is 15.3 Å². The molecule has 32 heavy (non-hydrogen) atoms. The van der Waals surface area contributed by atoms with Crippen molar-refractivity contribution in [2.24, 2.45) is 0 Å². The van der Waals surface area contributed by atoms with E-state index in [1.165, 1.54) is 22.7 Å². The average Bonchev–Trinajstić information content (AvgIpc) is 3.29. The van der Waals surface area contributed by atoms with Crippen molar-refractivity contribution in [3.8, 4) is 10.6 Å². The molecule has 1 saturated heterocycles. The Morgan fingerprint density at radius 1 is 1.31 bits per heavy atom. The van der Waals surface area contributed by atoms with Crippen molar-refractivity contribution in [1.29, 1.82) is 0 Å². The second-order valence-electron chi connectivity index (χ2n) is 6.65. The van der Waals surface area contributed by atoms with Crippen LogP contribution in [0.25, 0.3) is 10.6 Å². The molecule has 0 atom stereocenters. The van der Waals surface area contributed by atoms with E-state index in [-0.39, 0.29) is 4.90 Å². The minimum atomic E-state index is -5.08. The Bertz CT molecular complexity index is 1200. The second-order valence-corrected chi connectivity index (χ2v) is 10.3. The Kier molecular flexibility index (Phi) is 7.17. The van der Waals surface area contributed by atoms with Crippen molar-refractivity contribution < 1.29 is 31.5 Å². The number of carbonyl (C=O) groups is 1. The second kappa shape index (κ2) is 9.52. The summed E-state index contributed by atoms with van der Waals surface area (Å²) in [5.41, 5.74) is 1.72. The fraction of sp³-hybridized carbons (Fsp3) is 0.278. The Morgan fingerprint density at radius 3 is 2.53 bits per heavy atom. The molecule has 1 fully saturated rings. The fourth-order valence-corrected chi connectivity index (χ4v) is 5.47. The number of sulfonamides is 1. The zero-order valence-electron chi connectivity index (χ0n) is 16.4. The summed E-state index contributed by atoms with van der Waals surface area (Å²) < 4.78 is 59.7. The van der Waals surface area contributed by atoms with Gasteiger partial charge in [-0.25, -0.2) is 23.2 Å². The van der Waals surface area contributed by atoms with E-state index >= 15 is 0 Å². The number of hydrogen-bond donors (Lipinski definition) is 3. The molecule has 172 valence electrons. The van der Waals surface area contributed by atoms with Crippen molar-refractivity contribution >= 4 is 43.8 Å². The van der Waals surface area contributed by atoms with Crippen molar-refractivity contribution in [3.63, 3.8) is 0 Å². The maximum absolute atomic E-state index is 12.7. The van der Waals surface area contributed by atoms with Crippen LogP contribution in [0.5, 0.6) is 0 Å². The normalized spacial score (nSPS) is 14.2. The van der Waals surface area contributed by atoms with Gasteiger partial charge in [-0.2, -0.15) is 13.2 Å². The number of aliphatic carboxylic acids is 1. The Balaban J connectivity index is 0.000000360. The molecule has 0 spiro atoms. The van der Waals surface area contributed by atoms with Crippen LogP contribution in [0.3, 0.4) is 0 Å². The standard InChI is InChI=1S/C16H16N4O2S3.C2HF3O2/c1-10-9-23-15(19-10)11-3-2-4-13(5-11)25(21,22)20-16-18-8-14(24-16)12-6-17-7-12;3-2(4,5)1(6)7/h2-5,8-9,12,17H,6-7H2,1H3,(H,18,20);(H,6,7). The summed E-state index contributed by atoms with van der Waals surface area (Å²) in [4.78, 5) is 18.8. The molecule has 8 nitrogen and oxygen atoms in total. The molecule has 0 saturated carbocycles. The molecule has 3 N–H and O–H groups in total. The predicted molar refractivity (Wildman–Crippen MR) is 115 cm³/mol. The quantitative estimate of drug-likeness (QED) is 0.483. The van der Waals surface area contributed by atoms with E-state index in [1.54, 1.807) is 24.4 Å². The number of carboxylic acids is 1. The maximum Gasteiger partial charge on any atom is 0.490 e. The number of hydrogen-bond acceptors (Lipinski definition) is 8. The van der Waals surface area contributed by atoms with Gasteiger partial charge >= 0.3 is 12.1 Å². The number of nitrogens with one attached hydrogen (secondary N) is 2. The molecule has 0 unspecified atom stereocenters. The van der Waals surface area contributed by atoms with Crippen LogP contribution in [0.1, 0.15) is 16.5 Å². The number of aromatic nitrogens is 2. The summed E-state index contributed by atoms with van der Waals surface area (Å²) >= 11 is 2.89. The molecule has 0 amide bonds. The molecule has 1 aliphatic heterocycles. The first-order chi connectivity index (χ1) is 15.0. The minimum absolute atomic E-state index is 0.208. The molecule has 0 bridgehead atoms. The van der Waals surface area contributed by atoms with E-state index in [0.29, 0.717) is 11.0 Å². The summed E-state index contributed by atoms with van der Waals surface area (Å²) in [5, 5.41) is 13.5. The highest BCUT2D eigenvalue weighted by atomic mass is 32.2. The highest BCUT2D eigenvalue weighted by molar-refractivity contribution is 7.93. The van der Waals surface area contributed by atoms with Gasteiger partial charge in [-0.05, 0) is 19.1 Å². The maximum atomic E-state index is 12.7. The molecule has 1 aromatic carbocycles. The zero-order chi connectivity index (χ0) is 23.5. The van der Waals surface area contributed by atoms with E-state index in [4.69, 9.17) is 9.90 Å². The number of anilines is 1. The zero-order valence-corrected chi connectivity index (χ0v) is 18.8. The molecule has 2 aromatic heterocycles. The summed E-state index contributed by atoms with van der Waals surface area (Å²) in [6, 6.07) is 6.82. The van der Waals surface area contributed by atoms with Gasteiger partial charge in [-0.15, -0.1) is 22.7 Å². The lowest BCUT2D eigenvalue weighted by Crippen LogP contribution is -2.39. The molecule has 14 heteroatoms. The van der Waals surface area contributed by atoms with Crippen molar-refractivity contribution in [3.05, 3.63) is 46.4 Å². The SMILES string of the molecule is Cc1csc(-c2cccc(S(=O)(=O)Nc3ncc(C4CNC4)s3)c2)n1.O=C(O)C(F)(F)F. The molecule has 0 radical (unpaired) electrons. The number of halogens is 3. The number of alkyl halides is 3. The summed E-state index contributed by atoms with van der Waals surface area (Å²) in [5.74, 6) is -2.32. The third-order valence-corrected chi connectivity index (χ3v) is 7.73. The Morgan fingerprint density at radius 2 is 2.00 bits per heavy atom. The Labute approximate surface area is 189 Å². The smallest absolute Gasteiger partial charge is 0.475 e. The van der Waals surface area contributed by atoms with Crippen LogP contribution >= 0.6 is 22.7 Å². The topological polar surface area (TPSA) is 121 Å². The monoisotopic (exact) mass is 506 g/mol. The molecule has 1 aliphatic rings. The number of aryl methyl sites for hydroxylation is 1. The molecule has 4 rings (SSSR count). The first-order valence-electron chi connectivity index (χ1n) is 8.97. The van der Waals surface area contributed by atoms with Crippen LogP contribution in [0, 0.1) is 6.92 Å². The summed E-state index contributed by atoms with van der Waals surface area (Å²) in [7, 11) is -3.68. The van der Waals surface area contributed by atoms with Crippen molar-refractivity contribution in [2.45, 2.75) is 23.9 Å². The van der Waals surface area contributed by atoms with E-state index in [2.05, 4.69) is 20.0 Å². The summed E-state index contributed by atoms with van der Waals surface area (Å²) in [6.45, 7) is 3.76. The highest BCUT2D eigenvalue weighted by Crippen LogP contribution is 2.30. The molecule has 3 aromatic rings. The number of carboxylic acid groups (broad SMARTS) is 1. The van der Waals surface area contributed by atoms with Crippen LogP contribution < -0.4 is 10.0 Å². The Hall–Kier alpha value is -2.55. The number of benzene rings is 1. The number of rotatable bonds is 5. The first-order valence-corrected chi connectivity index (χ1v) is 12.2. The lowest BCUT2D eigenvalue weighted by molar-refractivity contribution is -0.192. The highest BCUT2D eigenvalue weighted by Gasteiger charge is 2.38. The van der Waals surface area contributed by atoms with Gasteiger partial charge < -0.3 is 10.4 Å². The van der Waals surface area contributed by atoms with E-state index in [9.17, 15) is 21.6 Å². The van der Waals surface area contributed by atoms with Crippen LogP contribution in [0.15, 0.2) is 40.7 Å². The van der Waals surface area contributed by atoms with Gasteiger partial charge in [0.1, 0.15) is 5.01 Å². The van der Waals surface area contributed by atoms with Crippen LogP contribution in [-0.2, 0) is 14.8 Å². The third kappa shape index (κ3) is 6.03. The first kappa shape index (κ1) is 24.1. The minimum Gasteiger partial charge on any atom is -0.475 e. The lowest BCUT2D eigenvalue weighted by atomic mass is 10.0. The van der Waals surface area contributed by atoms with E-state index in [0.717, 1.165) is 34.2 Å². The fourth-order valence-electron chi connectivity index (χ4n) is 2.47. The van der Waals surface area contributed by atoms with Gasteiger partial charge in [0.05, 0.1) is 4.90 Å². The van der Waals surface area contributed by atoms with Gasteiger partial charge in [-0.1, -0.05) is 12.1 Å². The molecule has 0 aliphatic carbocycles. The number of thiazole rings is 2. The van der Waals surface area contributed by atoms with Crippen molar-refractivity contribution in [2.75, 3.05) is 17.8 Å². The van der Waals surface area contributed by atoms with Gasteiger partial charge in [-0.3, -0.25) is 4.72 Å². The average molecular weight is 507 g/mol. The lowest BCUT2D eigenvalue weighted by Gasteiger charge is -2.25. The molecular formula is C18H17F3N4O4S3. The largest absolute Gasteiger partial charge is 0.490 e. The predicted octanol–water partition coefficient (Wildman–Crippen LogP) is 3.70. The van der Waals surface area contributed by atoms with Crippen LogP contribution in [0.4, 0.5) is 18.3 Å². The van der Waals surface area contributed by atoms with Crippen LogP contribution in [0.2, 0.25) is 0 Å². The van der Waals surface area contributed by atoms with E-state index in [1.807, 2.05) is 18.4 Å². The van der Waals surface area contributed by atoms with Gasteiger partial charge in [0.2, 0.25) is 0 Å². The van der Waals surface area contributed by atoms with Crippen LogP contribution in [-0.4, -0.2) is 48.7 Å². The summed E-state index contributed by atoms with van der Waals surface area (Å²) in [6.07, 6.45) is -3.33.